The number of hydrogen-bond acceptors (Lipinski definition) is 4. The van der Waals surface area contributed by atoms with Crippen LogP contribution in [0.1, 0.15) is 24.8 Å². The Morgan fingerprint density at radius 2 is 2.32 bits per heavy atom. The summed E-state index contributed by atoms with van der Waals surface area (Å²) in [6.07, 6.45) is 7.65. The maximum absolute atomic E-state index is 9.09. The van der Waals surface area contributed by atoms with E-state index in [4.69, 9.17) is 21.6 Å². The largest absolute Gasteiger partial charge is 0.496 e. The molecule has 0 amide bonds. The highest BCUT2D eigenvalue weighted by atomic mass is 79.9. The predicted octanol–water partition coefficient (Wildman–Crippen LogP) is 4.60. The van der Waals surface area contributed by atoms with E-state index in [1.54, 1.807) is 25.3 Å². The zero-order chi connectivity index (χ0) is 17.8. The lowest BCUT2D eigenvalue weighted by Crippen LogP contribution is -2.24. The summed E-state index contributed by atoms with van der Waals surface area (Å²) in [6, 6.07) is 5.18. The van der Waals surface area contributed by atoms with E-state index >= 15 is 0 Å². The molecule has 0 bridgehead atoms. The first-order chi connectivity index (χ1) is 12.1. The van der Waals surface area contributed by atoms with Crippen molar-refractivity contribution in [3.8, 4) is 11.9 Å². The molecule has 1 aromatic heterocycles. The van der Waals surface area contributed by atoms with Crippen molar-refractivity contribution in [3.05, 3.63) is 43.6 Å². The Labute approximate surface area is 163 Å². The number of benzene rings is 1. The topological polar surface area (TPSA) is 62.7 Å². The Morgan fingerprint density at radius 3 is 2.96 bits per heavy atom. The van der Waals surface area contributed by atoms with Crippen LogP contribution in [0.3, 0.4) is 0 Å². The molecule has 25 heavy (non-hydrogen) atoms. The molecule has 0 radical (unpaired) electrons. The quantitative estimate of drug-likeness (QED) is 0.397. The van der Waals surface area contributed by atoms with Crippen LogP contribution in [-0.2, 0) is 6.54 Å². The van der Waals surface area contributed by atoms with E-state index in [1.807, 2.05) is 12.4 Å². The number of thiazole rings is 1. The van der Waals surface area contributed by atoms with Crippen LogP contribution in [0.15, 0.2) is 38.2 Å². The normalized spacial score (nSPS) is 15.8. The Hall–Kier alpha value is -1.62. The maximum atomic E-state index is 9.09. The van der Waals surface area contributed by atoms with Crippen LogP contribution < -0.4 is 9.54 Å². The van der Waals surface area contributed by atoms with E-state index in [0.29, 0.717) is 28.1 Å². The fourth-order valence-corrected chi connectivity index (χ4v) is 4.24. The zero-order valence-corrected chi connectivity index (χ0v) is 16.7. The predicted molar refractivity (Wildman–Crippen MR) is 103 cm³/mol. The second-order valence-electron chi connectivity index (χ2n) is 5.76. The highest BCUT2D eigenvalue weighted by Gasteiger charge is 2.19. The van der Waals surface area contributed by atoms with Crippen molar-refractivity contribution in [2.75, 3.05) is 7.11 Å². The molecule has 1 heterocycles. The highest BCUT2D eigenvalue weighted by molar-refractivity contribution is 9.11. The number of aliphatic imine (C=N–C) groups is 1. The number of rotatable bonds is 4. The number of nitriles is 1. The molecule has 1 aliphatic carbocycles. The number of ether oxygens (including phenoxy) is 1. The Morgan fingerprint density at radius 1 is 1.52 bits per heavy atom. The third-order valence-corrected chi connectivity index (χ3v) is 5.87. The Balaban J connectivity index is 2.06. The van der Waals surface area contributed by atoms with Gasteiger partial charge in [-0.3, -0.25) is 0 Å². The van der Waals surface area contributed by atoms with Crippen LogP contribution in [0.2, 0.25) is 5.02 Å². The summed E-state index contributed by atoms with van der Waals surface area (Å²) in [5, 5.41) is 9.63. The van der Waals surface area contributed by atoms with Crippen molar-refractivity contribution in [2.45, 2.75) is 25.8 Å². The van der Waals surface area contributed by atoms with Crippen molar-refractivity contribution < 1.29 is 4.74 Å². The summed E-state index contributed by atoms with van der Waals surface area (Å²) in [5.41, 5.74) is 0.594. The number of nitrogens with zero attached hydrogens (tertiary/aromatic N) is 4. The molecule has 0 atom stereocenters. The molecular weight excluding hydrogens is 424 g/mol. The summed E-state index contributed by atoms with van der Waals surface area (Å²) in [4.78, 5) is 9.33. The van der Waals surface area contributed by atoms with Gasteiger partial charge in [-0.05, 0) is 52.9 Å². The summed E-state index contributed by atoms with van der Waals surface area (Å²) >= 11 is 11.1. The van der Waals surface area contributed by atoms with E-state index in [-0.39, 0.29) is 0 Å². The molecule has 1 fully saturated rings. The van der Waals surface area contributed by atoms with Gasteiger partial charge >= 0.3 is 0 Å². The van der Waals surface area contributed by atoms with E-state index in [2.05, 4.69) is 30.5 Å². The zero-order valence-electron chi connectivity index (χ0n) is 13.6. The van der Waals surface area contributed by atoms with Crippen LogP contribution in [0.5, 0.6) is 5.75 Å². The molecule has 3 rings (SSSR count). The minimum absolute atomic E-state index is 0.290. The minimum atomic E-state index is 0.290. The molecule has 0 aliphatic heterocycles. The first-order valence-electron chi connectivity index (χ1n) is 7.82. The molecule has 8 heteroatoms. The molecule has 1 aromatic carbocycles. The average molecular weight is 440 g/mol. The van der Waals surface area contributed by atoms with Gasteiger partial charge in [-0.1, -0.05) is 29.4 Å². The van der Waals surface area contributed by atoms with E-state index in [9.17, 15) is 0 Å². The highest BCUT2D eigenvalue weighted by Crippen LogP contribution is 2.28. The third kappa shape index (κ3) is 4.32. The van der Waals surface area contributed by atoms with Gasteiger partial charge in [0.2, 0.25) is 6.19 Å². The molecule has 0 spiro atoms. The lowest BCUT2D eigenvalue weighted by Gasteiger charge is -2.25. The number of halogens is 2. The van der Waals surface area contributed by atoms with Crippen LogP contribution in [-0.4, -0.2) is 17.5 Å². The van der Waals surface area contributed by atoms with Crippen molar-refractivity contribution in [3.63, 3.8) is 0 Å². The molecule has 0 N–H and O–H groups in total. The van der Waals surface area contributed by atoms with Gasteiger partial charge in [0, 0.05) is 17.8 Å². The van der Waals surface area contributed by atoms with Gasteiger partial charge in [0.1, 0.15) is 5.75 Å². The van der Waals surface area contributed by atoms with Crippen LogP contribution in [0.4, 0.5) is 0 Å². The van der Waals surface area contributed by atoms with Gasteiger partial charge in [-0.25, -0.2) is 0 Å². The maximum Gasteiger partial charge on any atom is 0.207 e. The standard InChI is InChI=1S/C17H16BrClN4OS/c1-24-14-6-5-12(19)7-13(14)16(21-10-20)22-17-23(9-15(18)25-17)8-11-3-2-4-11/h5-7,9,11H,2-4,8H2,1H3/b21-16?,22-17-. The van der Waals surface area contributed by atoms with Gasteiger partial charge in [0.15, 0.2) is 10.6 Å². The number of methoxy groups -OCH3 is 1. The van der Waals surface area contributed by atoms with Crippen molar-refractivity contribution in [2.24, 2.45) is 15.9 Å². The van der Waals surface area contributed by atoms with E-state index in [0.717, 1.165) is 15.1 Å². The Kier molecular flexibility index (Phi) is 5.94. The van der Waals surface area contributed by atoms with Crippen molar-refractivity contribution >= 4 is 44.7 Å². The van der Waals surface area contributed by atoms with Crippen LogP contribution >= 0.6 is 38.9 Å². The summed E-state index contributed by atoms with van der Waals surface area (Å²) in [7, 11) is 1.56. The number of amidine groups is 1. The SMILES string of the molecule is COc1ccc(Cl)cc1C(=NC#N)/N=c1\sc(Br)cn1CC1CCC1. The molecule has 0 unspecified atom stereocenters. The van der Waals surface area contributed by atoms with Gasteiger partial charge in [-0.15, -0.1) is 0 Å². The van der Waals surface area contributed by atoms with Gasteiger partial charge < -0.3 is 9.30 Å². The molecule has 1 saturated carbocycles. The lowest BCUT2D eigenvalue weighted by atomic mass is 9.85. The summed E-state index contributed by atoms with van der Waals surface area (Å²) < 4.78 is 8.47. The molecule has 5 nitrogen and oxygen atoms in total. The lowest BCUT2D eigenvalue weighted by molar-refractivity contribution is 0.274. The van der Waals surface area contributed by atoms with E-state index < -0.39 is 0 Å². The molecular formula is C17H16BrClN4OS. The Bertz CT molecular complexity index is 908. The first kappa shape index (κ1) is 18.2. The second-order valence-corrected chi connectivity index (χ2v) is 8.58. The first-order valence-corrected chi connectivity index (χ1v) is 9.80. The van der Waals surface area contributed by atoms with Gasteiger partial charge in [-0.2, -0.15) is 15.2 Å². The molecule has 1 aliphatic rings. The molecule has 2 aromatic rings. The van der Waals surface area contributed by atoms with Crippen molar-refractivity contribution in [1.29, 1.82) is 5.26 Å². The van der Waals surface area contributed by atoms with Crippen LogP contribution in [0.25, 0.3) is 0 Å². The van der Waals surface area contributed by atoms with Crippen molar-refractivity contribution in [1.82, 2.24) is 4.57 Å². The summed E-state index contributed by atoms with van der Waals surface area (Å²) in [5.74, 6) is 1.55. The smallest absolute Gasteiger partial charge is 0.207 e. The monoisotopic (exact) mass is 438 g/mol. The third-order valence-electron chi connectivity index (χ3n) is 4.13. The molecule has 0 saturated heterocycles. The average Bonchev–Trinajstić information content (AvgIpc) is 2.90. The number of aromatic nitrogens is 1. The van der Waals surface area contributed by atoms with Gasteiger partial charge in [0.05, 0.1) is 16.5 Å². The molecule has 130 valence electrons. The van der Waals surface area contributed by atoms with Gasteiger partial charge in [0.25, 0.3) is 0 Å². The summed E-state index contributed by atoms with van der Waals surface area (Å²) in [6.45, 7) is 0.924. The second kappa shape index (κ2) is 8.17. The minimum Gasteiger partial charge on any atom is -0.496 e. The fourth-order valence-electron chi connectivity index (χ4n) is 2.66. The van der Waals surface area contributed by atoms with Crippen LogP contribution in [0, 0.1) is 17.4 Å². The number of hydrogen-bond donors (Lipinski definition) is 0. The fraction of sp³-hybridized carbons (Fsp3) is 0.353. The van der Waals surface area contributed by atoms with E-state index in [1.165, 1.54) is 30.6 Å².